The van der Waals surface area contributed by atoms with Crippen LogP contribution < -0.4 is 27.1 Å². The number of rotatable bonds is 7. The minimum absolute atomic E-state index is 0.118. The smallest absolute Gasteiger partial charge is 0.218 e. The van der Waals surface area contributed by atoms with Gasteiger partial charge in [0.15, 0.2) is 6.23 Å². The second-order valence-electron chi connectivity index (χ2n) is 7.92. The van der Waals surface area contributed by atoms with Crippen molar-refractivity contribution in [3.05, 3.63) is 29.7 Å². The number of ether oxygens (including phenoxy) is 1. The lowest BCUT2D eigenvalue weighted by atomic mass is 9.98. The summed E-state index contributed by atoms with van der Waals surface area (Å²) in [4.78, 5) is 14.4. The van der Waals surface area contributed by atoms with Gasteiger partial charge in [-0.2, -0.15) is 0 Å². The summed E-state index contributed by atoms with van der Waals surface area (Å²) >= 11 is 0. The van der Waals surface area contributed by atoms with Gasteiger partial charge in [0.25, 0.3) is 0 Å². The monoisotopic (exact) mass is 403 g/mol. The number of nitrogens with one attached hydrogen (secondary N) is 2. The van der Waals surface area contributed by atoms with E-state index in [0.29, 0.717) is 29.0 Å². The van der Waals surface area contributed by atoms with Crippen LogP contribution in [0.1, 0.15) is 51.6 Å². The Morgan fingerprint density at radius 1 is 1.34 bits per heavy atom. The highest BCUT2D eigenvalue weighted by Gasteiger charge is 2.23. The molecule has 9 nitrogen and oxygen atoms in total. The lowest BCUT2D eigenvalue weighted by molar-refractivity contribution is 0.00786. The van der Waals surface area contributed by atoms with E-state index in [4.69, 9.17) is 21.2 Å². The van der Waals surface area contributed by atoms with Crippen molar-refractivity contribution in [3.8, 4) is 5.75 Å². The maximum absolute atomic E-state index is 6.35. The standard InChI is InChI=1S/C20H33N7O2/c1-13(2)19-25-20(26-29-19)24-12-17(27(3)22)18(21)16-10-9-15(11-23-16)28-14-7-5-4-6-8-14/h9-11,13-14,19H,4-8,12,21-22H2,1-3H3,(H2,24,25,26)/b18-17-. The van der Waals surface area contributed by atoms with Crippen molar-refractivity contribution in [2.24, 2.45) is 22.5 Å². The number of pyridine rings is 1. The number of guanidine groups is 1. The van der Waals surface area contributed by atoms with Gasteiger partial charge in [-0.25, -0.2) is 21.2 Å². The molecule has 1 saturated heterocycles. The van der Waals surface area contributed by atoms with Crippen LogP contribution in [0.2, 0.25) is 0 Å². The van der Waals surface area contributed by atoms with Crippen LogP contribution in [0, 0.1) is 5.92 Å². The fourth-order valence-electron chi connectivity index (χ4n) is 3.37. The Morgan fingerprint density at radius 3 is 2.69 bits per heavy atom. The fraction of sp³-hybridized carbons (Fsp3) is 0.600. The number of aliphatic imine (C=N–C) groups is 1. The summed E-state index contributed by atoms with van der Waals surface area (Å²) in [5, 5.41) is 4.63. The van der Waals surface area contributed by atoms with Crippen LogP contribution in [0.15, 0.2) is 29.0 Å². The lowest BCUT2D eigenvalue weighted by Gasteiger charge is -2.23. The van der Waals surface area contributed by atoms with Crippen LogP contribution in [0.25, 0.3) is 5.70 Å². The van der Waals surface area contributed by atoms with Crippen LogP contribution in [-0.4, -0.2) is 41.9 Å². The van der Waals surface area contributed by atoms with Crippen LogP contribution in [0.3, 0.4) is 0 Å². The number of likely N-dealkylation sites (N-methyl/N-ethyl adjacent to an activating group) is 1. The molecule has 2 heterocycles. The molecular formula is C20H33N7O2. The first-order chi connectivity index (χ1) is 13.9. The average Bonchev–Trinajstić information content (AvgIpc) is 3.18. The van der Waals surface area contributed by atoms with E-state index in [1.807, 2.05) is 12.1 Å². The number of hydrogen-bond donors (Lipinski definition) is 4. The zero-order valence-electron chi connectivity index (χ0n) is 17.5. The van der Waals surface area contributed by atoms with Crippen LogP contribution >= 0.6 is 0 Å². The number of hydrogen-bond acceptors (Lipinski definition) is 7. The summed E-state index contributed by atoms with van der Waals surface area (Å²) in [6.45, 7) is 4.41. The molecule has 160 valence electrons. The van der Waals surface area contributed by atoms with E-state index in [1.165, 1.54) is 24.3 Å². The molecule has 29 heavy (non-hydrogen) atoms. The van der Waals surface area contributed by atoms with Crippen molar-refractivity contribution in [1.29, 1.82) is 0 Å². The van der Waals surface area contributed by atoms with Gasteiger partial charge in [-0.05, 0) is 37.8 Å². The second-order valence-corrected chi connectivity index (χ2v) is 7.92. The molecule has 1 aliphatic heterocycles. The van der Waals surface area contributed by atoms with E-state index in [2.05, 4.69) is 34.6 Å². The first-order valence-corrected chi connectivity index (χ1v) is 10.3. The summed E-state index contributed by atoms with van der Waals surface area (Å²) in [5.41, 5.74) is 10.9. The summed E-state index contributed by atoms with van der Waals surface area (Å²) < 4.78 is 6.04. The molecule has 6 N–H and O–H groups in total. The van der Waals surface area contributed by atoms with Gasteiger partial charge in [0.2, 0.25) is 5.96 Å². The predicted molar refractivity (Wildman–Crippen MR) is 113 cm³/mol. The molecule has 1 unspecified atom stereocenters. The third kappa shape index (κ3) is 5.74. The summed E-state index contributed by atoms with van der Waals surface area (Å²) in [7, 11) is 1.73. The maximum atomic E-state index is 6.35. The largest absolute Gasteiger partial charge is 0.489 e. The van der Waals surface area contributed by atoms with Gasteiger partial charge in [-0.1, -0.05) is 20.3 Å². The molecule has 0 bridgehead atoms. The highest BCUT2D eigenvalue weighted by Crippen LogP contribution is 2.24. The Morgan fingerprint density at radius 2 is 2.10 bits per heavy atom. The van der Waals surface area contributed by atoms with Gasteiger partial charge in [0.1, 0.15) is 5.75 Å². The van der Waals surface area contributed by atoms with E-state index in [9.17, 15) is 0 Å². The van der Waals surface area contributed by atoms with Gasteiger partial charge in [0, 0.05) is 13.0 Å². The fourth-order valence-corrected chi connectivity index (χ4v) is 3.37. The first-order valence-electron chi connectivity index (χ1n) is 10.3. The van der Waals surface area contributed by atoms with E-state index >= 15 is 0 Å². The van der Waals surface area contributed by atoms with Crippen LogP contribution in [0.4, 0.5) is 0 Å². The Balaban J connectivity index is 1.67. The third-order valence-electron chi connectivity index (χ3n) is 5.16. The Labute approximate surface area is 172 Å². The van der Waals surface area contributed by atoms with Gasteiger partial charge in [-0.15, -0.1) is 0 Å². The minimum atomic E-state index is -0.118. The number of aromatic nitrogens is 1. The minimum Gasteiger partial charge on any atom is -0.489 e. The summed E-state index contributed by atoms with van der Waals surface area (Å²) in [6, 6.07) is 3.76. The molecule has 1 aromatic heterocycles. The predicted octanol–water partition coefficient (Wildman–Crippen LogP) is 1.69. The first kappa shape index (κ1) is 21.2. The molecule has 1 saturated carbocycles. The van der Waals surface area contributed by atoms with Gasteiger partial charge in [-0.3, -0.25) is 4.98 Å². The molecule has 3 rings (SSSR count). The van der Waals surface area contributed by atoms with Gasteiger partial charge >= 0.3 is 0 Å². The van der Waals surface area contributed by atoms with Gasteiger partial charge < -0.3 is 20.8 Å². The van der Waals surface area contributed by atoms with Crippen molar-refractivity contribution in [3.63, 3.8) is 0 Å². The molecule has 0 radical (unpaired) electrons. The van der Waals surface area contributed by atoms with E-state index in [1.54, 1.807) is 13.2 Å². The Bertz CT molecular complexity index is 725. The number of hydrazine groups is 1. The zero-order valence-corrected chi connectivity index (χ0v) is 17.5. The topological polar surface area (TPSA) is 123 Å². The molecular weight excluding hydrogens is 370 g/mol. The van der Waals surface area contributed by atoms with Crippen molar-refractivity contribution < 1.29 is 9.57 Å². The average molecular weight is 404 g/mol. The number of nitrogens with two attached hydrogens (primary N) is 2. The highest BCUT2D eigenvalue weighted by molar-refractivity contribution is 5.80. The molecule has 1 aliphatic carbocycles. The Kier molecular flexibility index (Phi) is 7.16. The quantitative estimate of drug-likeness (QED) is 0.401. The third-order valence-corrected chi connectivity index (χ3v) is 5.16. The molecule has 1 aromatic rings. The number of nitrogens with zero attached hydrogens (tertiary/aromatic N) is 3. The zero-order chi connectivity index (χ0) is 20.8. The van der Waals surface area contributed by atoms with Crippen LogP contribution in [-0.2, 0) is 4.84 Å². The molecule has 1 atom stereocenters. The summed E-state index contributed by atoms with van der Waals surface area (Å²) in [5.74, 6) is 7.63. The molecule has 2 aliphatic rings. The van der Waals surface area contributed by atoms with Crippen molar-refractivity contribution in [1.82, 2.24) is 20.8 Å². The highest BCUT2D eigenvalue weighted by atomic mass is 16.7. The maximum Gasteiger partial charge on any atom is 0.218 e. The van der Waals surface area contributed by atoms with E-state index < -0.39 is 0 Å². The normalized spacial score (nSPS) is 22.2. The van der Waals surface area contributed by atoms with Crippen molar-refractivity contribution in [2.45, 2.75) is 58.3 Å². The Hall–Kier alpha value is -2.52. The van der Waals surface area contributed by atoms with Gasteiger partial charge in [0.05, 0.1) is 35.9 Å². The number of hydroxylamine groups is 1. The summed E-state index contributed by atoms with van der Waals surface area (Å²) in [6.07, 6.45) is 7.86. The molecule has 2 fully saturated rings. The lowest BCUT2D eigenvalue weighted by Crippen LogP contribution is -2.33. The van der Waals surface area contributed by atoms with Crippen molar-refractivity contribution >= 4 is 11.7 Å². The molecule has 9 heteroatoms. The second kappa shape index (κ2) is 9.80. The SMILES string of the molecule is CC(C)C1NC(=NC/C(=C(/N)c2ccc(OC3CCCCC3)cn2)N(C)N)NO1. The van der Waals surface area contributed by atoms with E-state index in [-0.39, 0.29) is 18.9 Å². The van der Waals surface area contributed by atoms with E-state index in [0.717, 1.165) is 18.6 Å². The molecule has 0 aromatic carbocycles. The van der Waals surface area contributed by atoms with Crippen molar-refractivity contribution in [2.75, 3.05) is 13.6 Å². The molecule has 0 amide bonds. The van der Waals surface area contributed by atoms with Crippen LogP contribution in [0.5, 0.6) is 5.75 Å². The molecule has 0 spiro atoms.